The van der Waals surface area contributed by atoms with Gasteiger partial charge in [0.1, 0.15) is 5.75 Å². The molecule has 2 amide bonds. The molecule has 0 radical (unpaired) electrons. The summed E-state index contributed by atoms with van der Waals surface area (Å²) in [7, 11) is 0. The number of carbonyl (C=O) groups is 2. The predicted molar refractivity (Wildman–Crippen MR) is 99.2 cm³/mol. The maximum atomic E-state index is 12.4. The first-order valence-electron chi connectivity index (χ1n) is 7.95. The van der Waals surface area contributed by atoms with Gasteiger partial charge in [-0.05, 0) is 36.4 Å². The zero-order valence-corrected chi connectivity index (χ0v) is 13.8. The molecule has 0 saturated carbocycles. The zero-order valence-electron chi connectivity index (χ0n) is 13.8. The van der Waals surface area contributed by atoms with Crippen LogP contribution in [-0.4, -0.2) is 16.9 Å². The van der Waals surface area contributed by atoms with Gasteiger partial charge < -0.3 is 10.4 Å². The van der Waals surface area contributed by atoms with Gasteiger partial charge in [0.05, 0.1) is 16.8 Å². The van der Waals surface area contributed by atoms with E-state index in [1.807, 2.05) is 36.4 Å². The third kappa shape index (κ3) is 3.99. The van der Waals surface area contributed by atoms with Gasteiger partial charge in [-0.15, -0.1) is 0 Å². The van der Waals surface area contributed by atoms with Crippen LogP contribution in [0.15, 0.2) is 78.9 Å². The lowest BCUT2D eigenvalue weighted by Crippen LogP contribution is -2.41. The molecule has 3 rings (SSSR count). The molecule has 4 N–H and O–H groups in total. The summed E-state index contributed by atoms with van der Waals surface area (Å²) in [4.78, 5) is 24.5. The quantitative estimate of drug-likeness (QED) is 0.546. The van der Waals surface area contributed by atoms with E-state index in [9.17, 15) is 14.7 Å². The van der Waals surface area contributed by atoms with Crippen LogP contribution in [0, 0.1) is 0 Å². The maximum Gasteiger partial charge on any atom is 0.273 e. The zero-order chi connectivity index (χ0) is 18.4. The van der Waals surface area contributed by atoms with Gasteiger partial charge in [-0.25, -0.2) is 0 Å². The molecule has 0 aliphatic carbocycles. The van der Waals surface area contributed by atoms with E-state index in [-0.39, 0.29) is 11.3 Å². The Bertz CT molecular complexity index is 926. The molecule has 130 valence electrons. The van der Waals surface area contributed by atoms with Crippen LogP contribution in [0.2, 0.25) is 0 Å². The molecule has 3 aromatic rings. The molecular formula is C20H17N3O3. The van der Waals surface area contributed by atoms with Gasteiger partial charge in [0.25, 0.3) is 11.8 Å². The maximum absolute atomic E-state index is 12.4. The Hall–Kier alpha value is -3.80. The lowest BCUT2D eigenvalue weighted by atomic mass is 10.1. The number of hydrazine groups is 1. The Labute approximate surface area is 150 Å². The Morgan fingerprint density at radius 2 is 1.19 bits per heavy atom. The van der Waals surface area contributed by atoms with Crippen LogP contribution in [0.4, 0.5) is 11.4 Å². The standard InChI is InChI=1S/C20H17N3O3/c24-18-13-7-5-11-16(18)20(26)23-22-19(25)15-10-4-6-12-17(15)21-14-8-2-1-3-9-14/h1-13,21,24H,(H,22,25)(H,23,26). The van der Waals surface area contributed by atoms with Gasteiger partial charge in [0.2, 0.25) is 0 Å². The van der Waals surface area contributed by atoms with Crippen molar-refractivity contribution in [3.05, 3.63) is 90.0 Å². The number of aromatic hydroxyl groups is 1. The average Bonchev–Trinajstić information content (AvgIpc) is 2.67. The van der Waals surface area contributed by atoms with E-state index < -0.39 is 11.8 Å². The summed E-state index contributed by atoms with van der Waals surface area (Å²) in [5, 5.41) is 12.9. The van der Waals surface area contributed by atoms with Crippen molar-refractivity contribution in [2.45, 2.75) is 0 Å². The Kier molecular flexibility index (Phi) is 5.14. The highest BCUT2D eigenvalue weighted by Gasteiger charge is 2.14. The minimum absolute atomic E-state index is 0.0727. The van der Waals surface area contributed by atoms with Crippen LogP contribution >= 0.6 is 0 Å². The molecule has 0 fully saturated rings. The van der Waals surface area contributed by atoms with E-state index in [0.29, 0.717) is 11.3 Å². The third-order valence-electron chi connectivity index (χ3n) is 3.66. The number of phenolic OH excluding ortho intramolecular Hbond substituents is 1. The molecule has 0 unspecified atom stereocenters. The number of para-hydroxylation sites is 3. The van der Waals surface area contributed by atoms with E-state index in [0.717, 1.165) is 5.69 Å². The highest BCUT2D eigenvalue weighted by atomic mass is 16.3. The van der Waals surface area contributed by atoms with Gasteiger partial charge in [0.15, 0.2) is 0 Å². The predicted octanol–water partition coefficient (Wildman–Crippen LogP) is 3.21. The molecule has 0 bridgehead atoms. The second kappa shape index (κ2) is 7.85. The first-order valence-corrected chi connectivity index (χ1v) is 7.95. The number of benzene rings is 3. The van der Waals surface area contributed by atoms with E-state index in [4.69, 9.17) is 0 Å². The second-order valence-electron chi connectivity index (χ2n) is 5.46. The molecule has 0 heterocycles. The summed E-state index contributed by atoms with van der Waals surface area (Å²) in [6.07, 6.45) is 0. The minimum atomic E-state index is -0.607. The monoisotopic (exact) mass is 347 g/mol. The SMILES string of the molecule is O=C(NNC(=O)c1ccccc1Nc1ccccc1)c1ccccc1O. The summed E-state index contributed by atoms with van der Waals surface area (Å²) in [6.45, 7) is 0. The number of anilines is 2. The number of hydrogen-bond donors (Lipinski definition) is 4. The van der Waals surface area contributed by atoms with Crippen molar-refractivity contribution in [2.75, 3.05) is 5.32 Å². The Morgan fingerprint density at radius 3 is 1.88 bits per heavy atom. The lowest BCUT2D eigenvalue weighted by Gasteiger charge is -2.13. The molecule has 6 nitrogen and oxygen atoms in total. The molecule has 6 heteroatoms. The van der Waals surface area contributed by atoms with Crippen molar-refractivity contribution >= 4 is 23.2 Å². The summed E-state index contributed by atoms with van der Waals surface area (Å²) in [5.74, 6) is -1.25. The van der Waals surface area contributed by atoms with Crippen molar-refractivity contribution in [1.82, 2.24) is 10.9 Å². The molecule has 0 spiro atoms. The highest BCUT2D eigenvalue weighted by molar-refractivity contribution is 6.03. The largest absolute Gasteiger partial charge is 0.507 e. The molecule has 0 aliphatic heterocycles. The Balaban J connectivity index is 1.70. The Morgan fingerprint density at radius 1 is 0.654 bits per heavy atom. The average molecular weight is 347 g/mol. The summed E-state index contributed by atoms with van der Waals surface area (Å²) in [5.41, 5.74) is 6.55. The van der Waals surface area contributed by atoms with Crippen LogP contribution in [-0.2, 0) is 0 Å². The number of carbonyl (C=O) groups excluding carboxylic acids is 2. The van der Waals surface area contributed by atoms with Crippen molar-refractivity contribution in [3.63, 3.8) is 0 Å². The number of amides is 2. The van der Waals surface area contributed by atoms with Gasteiger partial charge in [-0.2, -0.15) is 0 Å². The number of rotatable bonds is 4. The van der Waals surface area contributed by atoms with Crippen LogP contribution in [0.25, 0.3) is 0 Å². The van der Waals surface area contributed by atoms with E-state index in [1.165, 1.54) is 12.1 Å². The van der Waals surface area contributed by atoms with Gasteiger partial charge in [0, 0.05) is 5.69 Å². The fourth-order valence-corrected chi connectivity index (χ4v) is 2.38. The molecule has 3 aromatic carbocycles. The molecule has 0 atom stereocenters. The van der Waals surface area contributed by atoms with Crippen LogP contribution in [0.1, 0.15) is 20.7 Å². The second-order valence-corrected chi connectivity index (χ2v) is 5.46. The topological polar surface area (TPSA) is 90.5 Å². The van der Waals surface area contributed by atoms with Crippen LogP contribution in [0.5, 0.6) is 5.75 Å². The van der Waals surface area contributed by atoms with Crippen LogP contribution < -0.4 is 16.2 Å². The van der Waals surface area contributed by atoms with Gasteiger partial charge in [-0.3, -0.25) is 20.4 Å². The molecule has 0 saturated heterocycles. The smallest absolute Gasteiger partial charge is 0.273 e. The third-order valence-corrected chi connectivity index (χ3v) is 3.66. The van der Waals surface area contributed by atoms with Crippen molar-refractivity contribution < 1.29 is 14.7 Å². The number of nitrogens with one attached hydrogen (secondary N) is 3. The van der Waals surface area contributed by atoms with E-state index >= 15 is 0 Å². The first-order chi connectivity index (χ1) is 12.6. The summed E-state index contributed by atoms with van der Waals surface area (Å²) < 4.78 is 0. The summed E-state index contributed by atoms with van der Waals surface area (Å²) >= 11 is 0. The van der Waals surface area contributed by atoms with Crippen molar-refractivity contribution in [2.24, 2.45) is 0 Å². The summed E-state index contributed by atoms with van der Waals surface area (Å²) in [6, 6.07) is 22.5. The molecular weight excluding hydrogens is 330 g/mol. The lowest BCUT2D eigenvalue weighted by molar-refractivity contribution is 0.0845. The number of phenols is 1. The minimum Gasteiger partial charge on any atom is -0.507 e. The number of hydrogen-bond acceptors (Lipinski definition) is 4. The fraction of sp³-hybridized carbons (Fsp3) is 0. The fourth-order valence-electron chi connectivity index (χ4n) is 2.38. The van der Waals surface area contributed by atoms with E-state index in [1.54, 1.807) is 30.3 Å². The molecule has 26 heavy (non-hydrogen) atoms. The van der Waals surface area contributed by atoms with Gasteiger partial charge in [-0.1, -0.05) is 42.5 Å². The van der Waals surface area contributed by atoms with Crippen molar-refractivity contribution in [3.8, 4) is 5.75 Å². The van der Waals surface area contributed by atoms with Crippen LogP contribution in [0.3, 0.4) is 0 Å². The molecule has 0 aromatic heterocycles. The van der Waals surface area contributed by atoms with Crippen molar-refractivity contribution in [1.29, 1.82) is 0 Å². The normalized spacial score (nSPS) is 10.0. The molecule has 0 aliphatic rings. The first kappa shape index (κ1) is 17.0. The van der Waals surface area contributed by atoms with E-state index in [2.05, 4.69) is 16.2 Å². The van der Waals surface area contributed by atoms with Gasteiger partial charge >= 0.3 is 0 Å². The highest BCUT2D eigenvalue weighted by Crippen LogP contribution is 2.20.